The molecule has 7 nitrogen and oxygen atoms in total. The molecule has 2 aliphatic heterocycles. The van der Waals surface area contributed by atoms with Crippen LogP contribution in [-0.4, -0.2) is 33.7 Å². The van der Waals surface area contributed by atoms with Gasteiger partial charge in [-0.1, -0.05) is 12.1 Å². The fourth-order valence-electron chi connectivity index (χ4n) is 3.91. The highest BCUT2D eigenvalue weighted by atomic mass is 16.5. The van der Waals surface area contributed by atoms with Crippen LogP contribution < -0.4 is 15.4 Å². The summed E-state index contributed by atoms with van der Waals surface area (Å²) >= 11 is 0. The topological polar surface area (TPSA) is 75.8 Å². The summed E-state index contributed by atoms with van der Waals surface area (Å²) in [5.41, 5.74) is 7.06. The fourth-order valence-corrected chi connectivity index (χ4v) is 3.91. The third kappa shape index (κ3) is 2.95. The number of hydrogen-bond donors (Lipinski definition) is 2. The number of anilines is 3. The maximum absolute atomic E-state index is 5.79. The summed E-state index contributed by atoms with van der Waals surface area (Å²) in [7, 11) is 0. The predicted molar refractivity (Wildman–Crippen MR) is 118 cm³/mol. The van der Waals surface area contributed by atoms with Crippen LogP contribution in [0.4, 0.5) is 17.2 Å². The van der Waals surface area contributed by atoms with Gasteiger partial charge in [0.2, 0.25) is 0 Å². The molecule has 0 spiro atoms. The van der Waals surface area contributed by atoms with E-state index in [2.05, 4.69) is 44.9 Å². The number of benzene rings is 2. The molecule has 0 atom stereocenters. The quantitative estimate of drug-likeness (QED) is 0.541. The Bertz CT molecular complexity index is 1290. The Balaban J connectivity index is 1.40. The largest absolute Gasteiger partial charge is 0.491 e. The molecule has 148 valence electrons. The van der Waals surface area contributed by atoms with Crippen molar-refractivity contribution in [1.29, 1.82) is 0 Å². The lowest BCUT2D eigenvalue weighted by molar-refractivity contribution is 0.323. The van der Waals surface area contributed by atoms with E-state index in [9.17, 15) is 0 Å². The van der Waals surface area contributed by atoms with Gasteiger partial charge in [0.15, 0.2) is 11.5 Å². The monoisotopic (exact) mass is 396 g/mol. The Morgan fingerprint density at radius 2 is 2.13 bits per heavy atom. The number of nitrogens with zero attached hydrogens (tertiary/aromatic N) is 4. The van der Waals surface area contributed by atoms with Gasteiger partial charge in [0, 0.05) is 42.6 Å². The Hall–Kier alpha value is -3.87. The molecule has 6 rings (SSSR count). The third-order valence-corrected chi connectivity index (χ3v) is 5.44. The van der Waals surface area contributed by atoms with Crippen molar-refractivity contribution in [1.82, 2.24) is 14.4 Å². The molecule has 0 saturated heterocycles. The summed E-state index contributed by atoms with van der Waals surface area (Å²) in [6.45, 7) is 2.36. The van der Waals surface area contributed by atoms with E-state index in [1.165, 1.54) is 11.1 Å². The molecule has 0 radical (unpaired) electrons. The van der Waals surface area contributed by atoms with Crippen LogP contribution in [0.5, 0.6) is 5.75 Å². The normalized spacial score (nSPS) is 14.5. The Labute approximate surface area is 173 Å². The average molecular weight is 396 g/mol. The number of imidazole rings is 1. The fraction of sp³-hybridized carbons (Fsp3) is 0.174. The lowest BCUT2D eigenvalue weighted by Crippen LogP contribution is -2.02. The van der Waals surface area contributed by atoms with Crippen molar-refractivity contribution in [2.45, 2.75) is 13.0 Å². The number of hydrogen-bond acceptors (Lipinski definition) is 6. The highest BCUT2D eigenvalue weighted by Gasteiger charge is 2.14. The Morgan fingerprint density at radius 1 is 1.13 bits per heavy atom. The van der Waals surface area contributed by atoms with Gasteiger partial charge in [-0.25, -0.2) is 9.97 Å². The van der Waals surface area contributed by atoms with E-state index in [0.29, 0.717) is 5.82 Å². The van der Waals surface area contributed by atoms with Gasteiger partial charge < -0.3 is 19.8 Å². The van der Waals surface area contributed by atoms with Crippen LogP contribution in [0.3, 0.4) is 0 Å². The van der Waals surface area contributed by atoms with Crippen LogP contribution in [-0.2, 0) is 6.54 Å². The standard InChI is InChI=1S/C23H20N6O/c1-6-25-19-11-18(4-5-21(19)30-9-1)27-22-23-26-7-8-29(23)14-20(28-22)15-2-3-16-12-24-13-17(16)10-15/h2-5,7-8,10-12,14,25H,1,6,9,13H2,(H,27,28). The van der Waals surface area contributed by atoms with E-state index in [0.717, 1.165) is 60.1 Å². The van der Waals surface area contributed by atoms with Crippen LogP contribution >= 0.6 is 0 Å². The van der Waals surface area contributed by atoms with Crippen molar-refractivity contribution < 1.29 is 4.74 Å². The molecule has 0 aliphatic carbocycles. The van der Waals surface area contributed by atoms with E-state index >= 15 is 0 Å². The van der Waals surface area contributed by atoms with Crippen LogP contribution in [0.1, 0.15) is 17.5 Å². The molecule has 0 bridgehead atoms. The SMILES string of the molecule is C1=NCc2cc(-c3cn4ccnc4c(Nc4ccc5c(c4)NCCCO5)n3)ccc21. The van der Waals surface area contributed by atoms with Gasteiger partial charge in [0.05, 0.1) is 24.5 Å². The van der Waals surface area contributed by atoms with Gasteiger partial charge >= 0.3 is 0 Å². The number of fused-ring (bicyclic) bond motifs is 3. The molecule has 0 unspecified atom stereocenters. The van der Waals surface area contributed by atoms with E-state index in [1.54, 1.807) is 6.20 Å². The van der Waals surface area contributed by atoms with Crippen LogP contribution in [0.15, 0.2) is 60.0 Å². The van der Waals surface area contributed by atoms with Crippen molar-refractivity contribution in [3.05, 3.63) is 66.1 Å². The third-order valence-electron chi connectivity index (χ3n) is 5.44. The zero-order valence-electron chi connectivity index (χ0n) is 16.3. The van der Waals surface area contributed by atoms with Crippen LogP contribution in [0.25, 0.3) is 16.9 Å². The number of aromatic nitrogens is 3. The predicted octanol–water partition coefficient (Wildman–Crippen LogP) is 4.27. The second-order valence-corrected chi connectivity index (χ2v) is 7.48. The molecule has 2 aliphatic rings. The second kappa shape index (κ2) is 6.88. The minimum absolute atomic E-state index is 0.712. The van der Waals surface area contributed by atoms with Gasteiger partial charge in [-0.15, -0.1) is 0 Å². The number of nitrogens with one attached hydrogen (secondary N) is 2. The molecule has 4 aromatic rings. The maximum atomic E-state index is 5.79. The summed E-state index contributed by atoms with van der Waals surface area (Å²) in [5.74, 6) is 1.59. The van der Waals surface area contributed by atoms with E-state index in [-0.39, 0.29) is 0 Å². The summed E-state index contributed by atoms with van der Waals surface area (Å²) in [6.07, 6.45) is 8.65. The average Bonchev–Trinajstić information content (AvgIpc) is 3.37. The molecule has 2 N–H and O–H groups in total. The first-order valence-electron chi connectivity index (χ1n) is 10.1. The highest BCUT2D eigenvalue weighted by molar-refractivity contribution is 5.86. The van der Waals surface area contributed by atoms with E-state index in [4.69, 9.17) is 9.72 Å². The van der Waals surface area contributed by atoms with Crippen molar-refractivity contribution in [2.24, 2.45) is 4.99 Å². The summed E-state index contributed by atoms with van der Waals surface area (Å²) in [4.78, 5) is 13.7. The zero-order valence-corrected chi connectivity index (χ0v) is 16.3. The van der Waals surface area contributed by atoms with Crippen molar-refractivity contribution in [2.75, 3.05) is 23.8 Å². The van der Waals surface area contributed by atoms with E-state index in [1.807, 2.05) is 35.1 Å². The summed E-state index contributed by atoms with van der Waals surface area (Å²) in [5, 5.41) is 6.88. The Morgan fingerprint density at radius 3 is 3.13 bits per heavy atom. The molecule has 30 heavy (non-hydrogen) atoms. The lowest BCUT2D eigenvalue weighted by Gasteiger charge is -2.13. The first kappa shape index (κ1) is 17.0. The minimum atomic E-state index is 0.712. The number of aliphatic imine (C=N–C) groups is 1. The number of rotatable bonds is 3. The number of ether oxygens (including phenoxy) is 1. The minimum Gasteiger partial charge on any atom is -0.491 e. The second-order valence-electron chi connectivity index (χ2n) is 7.48. The Kier molecular flexibility index (Phi) is 3.90. The molecule has 4 heterocycles. The summed E-state index contributed by atoms with van der Waals surface area (Å²) < 4.78 is 7.79. The molecule has 0 fully saturated rings. The molecular weight excluding hydrogens is 376 g/mol. The van der Waals surface area contributed by atoms with E-state index < -0.39 is 0 Å². The molecule has 0 saturated carbocycles. The molecule has 0 amide bonds. The smallest absolute Gasteiger partial charge is 0.180 e. The van der Waals surface area contributed by atoms with Crippen LogP contribution in [0, 0.1) is 0 Å². The first-order valence-corrected chi connectivity index (χ1v) is 10.1. The highest BCUT2D eigenvalue weighted by Crippen LogP contribution is 2.32. The lowest BCUT2D eigenvalue weighted by atomic mass is 10.0. The van der Waals surface area contributed by atoms with Gasteiger partial charge in [-0.05, 0) is 41.8 Å². The van der Waals surface area contributed by atoms with Gasteiger partial charge in [-0.2, -0.15) is 0 Å². The van der Waals surface area contributed by atoms with Crippen molar-refractivity contribution in [3.8, 4) is 17.0 Å². The molecule has 2 aromatic carbocycles. The summed E-state index contributed by atoms with van der Waals surface area (Å²) in [6, 6.07) is 12.4. The van der Waals surface area contributed by atoms with Crippen molar-refractivity contribution in [3.63, 3.8) is 0 Å². The first-order chi connectivity index (χ1) is 14.8. The zero-order chi connectivity index (χ0) is 19.9. The molecule has 2 aromatic heterocycles. The maximum Gasteiger partial charge on any atom is 0.180 e. The van der Waals surface area contributed by atoms with Crippen LogP contribution in [0.2, 0.25) is 0 Å². The van der Waals surface area contributed by atoms with Gasteiger partial charge in [0.1, 0.15) is 5.75 Å². The molecular formula is C23H20N6O. The van der Waals surface area contributed by atoms with Crippen molar-refractivity contribution >= 4 is 29.1 Å². The molecule has 7 heteroatoms. The van der Waals surface area contributed by atoms with Gasteiger partial charge in [-0.3, -0.25) is 4.99 Å². The van der Waals surface area contributed by atoms with Gasteiger partial charge in [0.25, 0.3) is 0 Å².